The highest BCUT2D eigenvalue weighted by Crippen LogP contribution is 2.06. The first-order valence-corrected chi connectivity index (χ1v) is 4.50. The molecule has 0 atom stereocenters. The van der Waals surface area contributed by atoms with Gasteiger partial charge in [-0.05, 0) is 30.5 Å². The van der Waals surface area contributed by atoms with Crippen LogP contribution in [0.1, 0.15) is 19.4 Å². The number of nitrogens with two attached hydrogens (primary N) is 1. The van der Waals surface area contributed by atoms with E-state index in [-0.39, 0.29) is 0 Å². The lowest BCUT2D eigenvalue weighted by atomic mass is 10.3. The van der Waals surface area contributed by atoms with Crippen molar-refractivity contribution in [1.29, 1.82) is 0 Å². The SMILES string of the molecule is CC.Cc1ccc(SN)nc1. The summed E-state index contributed by atoms with van der Waals surface area (Å²) in [4.78, 5) is 4.03. The Labute approximate surface area is 72.4 Å². The molecule has 0 saturated heterocycles. The van der Waals surface area contributed by atoms with Gasteiger partial charge < -0.3 is 0 Å². The Hall–Kier alpha value is -0.540. The van der Waals surface area contributed by atoms with Gasteiger partial charge in [-0.25, -0.2) is 4.98 Å². The van der Waals surface area contributed by atoms with E-state index in [1.54, 1.807) is 6.20 Å². The number of aryl methyl sites for hydroxylation is 1. The first-order valence-electron chi connectivity index (χ1n) is 3.62. The van der Waals surface area contributed by atoms with Gasteiger partial charge in [-0.3, -0.25) is 5.14 Å². The van der Waals surface area contributed by atoms with Crippen molar-refractivity contribution in [3.05, 3.63) is 23.9 Å². The molecule has 0 saturated carbocycles. The molecule has 3 heteroatoms. The van der Waals surface area contributed by atoms with Crippen molar-refractivity contribution in [2.75, 3.05) is 0 Å². The highest BCUT2D eigenvalue weighted by molar-refractivity contribution is 7.97. The Kier molecular flexibility index (Phi) is 5.88. The molecule has 1 heterocycles. The van der Waals surface area contributed by atoms with E-state index in [0.29, 0.717) is 0 Å². The highest BCUT2D eigenvalue weighted by atomic mass is 32.2. The molecule has 0 radical (unpaired) electrons. The summed E-state index contributed by atoms with van der Waals surface area (Å²) >= 11 is 1.17. The third kappa shape index (κ3) is 4.01. The molecule has 0 aliphatic rings. The summed E-state index contributed by atoms with van der Waals surface area (Å²) in [6.45, 7) is 6.00. The normalized spacial score (nSPS) is 8.36. The molecule has 0 unspecified atom stereocenters. The summed E-state index contributed by atoms with van der Waals surface area (Å²) in [6, 6.07) is 3.89. The van der Waals surface area contributed by atoms with Crippen molar-refractivity contribution >= 4 is 11.9 Å². The summed E-state index contributed by atoms with van der Waals surface area (Å²) in [7, 11) is 0. The molecule has 2 N–H and O–H groups in total. The summed E-state index contributed by atoms with van der Waals surface area (Å²) in [5.74, 6) is 0. The van der Waals surface area contributed by atoms with Gasteiger partial charge in [0, 0.05) is 6.20 Å². The molecular formula is C8H14N2S. The third-order valence-electron chi connectivity index (χ3n) is 1.00. The number of pyridine rings is 1. The lowest BCUT2D eigenvalue weighted by Gasteiger charge is -1.92. The minimum atomic E-state index is 0.862. The van der Waals surface area contributed by atoms with Crippen molar-refractivity contribution in [3.8, 4) is 0 Å². The molecule has 0 spiro atoms. The van der Waals surface area contributed by atoms with Gasteiger partial charge in [0.05, 0.1) is 0 Å². The average molecular weight is 170 g/mol. The van der Waals surface area contributed by atoms with Crippen LogP contribution in [0.3, 0.4) is 0 Å². The minimum Gasteiger partial charge on any atom is -0.272 e. The van der Waals surface area contributed by atoms with E-state index in [0.717, 1.165) is 10.6 Å². The molecule has 2 nitrogen and oxygen atoms in total. The van der Waals surface area contributed by atoms with Crippen molar-refractivity contribution < 1.29 is 0 Å². The topological polar surface area (TPSA) is 38.9 Å². The van der Waals surface area contributed by atoms with E-state index < -0.39 is 0 Å². The largest absolute Gasteiger partial charge is 0.272 e. The predicted octanol–water partition coefficient (Wildman–Crippen LogP) is 2.38. The number of hydrogen-bond donors (Lipinski definition) is 1. The van der Waals surface area contributed by atoms with Gasteiger partial charge in [-0.1, -0.05) is 19.9 Å². The van der Waals surface area contributed by atoms with Crippen LogP contribution in [-0.4, -0.2) is 4.98 Å². The zero-order valence-electron chi connectivity index (χ0n) is 7.16. The Balaban J connectivity index is 0.000000461. The fourth-order valence-electron chi connectivity index (χ4n) is 0.524. The zero-order chi connectivity index (χ0) is 8.69. The molecule has 0 bridgehead atoms. The highest BCUT2D eigenvalue weighted by Gasteiger charge is 1.87. The predicted molar refractivity (Wildman–Crippen MR) is 50.4 cm³/mol. The van der Waals surface area contributed by atoms with E-state index in [1.807, 2.05) is 32.9 Å². The molecule has 0 aliphatic heterocycles. The van der Waals surface area contributed by atoms with Gasteiger partial charge in [0.2, 0.25) is 0 Å². The minimum absolute atomic E-state index is 0.862. The summed E-state index contributed by atoms with van der Waals surface area (Å²) in [6.07, 6.45) is 1.80. The third-order valence-corrected chi connectivity index (χ3v) is 1.49. The quantitative estimate of drug-likeness (QED) is 0.658. The van der Waals surface area contributed by atoms with Gasteiger partial charge in [0.25, 0.3) is 0 Å². The standard InChI is InChI=1S/C6H8N2S.C2H6/c1-5-2-3-6(9-7)8-4-5;1-2/h2-4H,7H2,1H3;1-2H3. The van der Waals surface area contributed by atoms with E-state index in [4.69, 9.17) is 5.14 Å². The van der Waals surface area contributed by atoms with Crippen molar-refractivity contribution in [3.63, 3.8) is 0 Å². The second-order valence-electron chi connectivity index (χ2n) is 1.79. The number of aromatic nitrogens is 1. The number of nitrogens with zero attached hydrogens (tertiary/aromatic N) is 1. The van der Waals surface area contributed by atoms with E-state index in [1.165, 1.54) is 11.9 Å². The first kappa shape index (κ1) is 10.5. The lowest BCUT2D eigenvalue weighted by molar-refractivity contribution is 1.11. The lowest BCUT2D eigenvalue weighted by Crippen LogP contribution is -1.83. The summed E-state index contributed by atoms with van der Waals surface area (Å²) in [5.41, 5.74) is 1.16. The van der Waals surface area contributed by atoms with Crippen molar-refractivity contribution in [2.45, 2.75) is 25.8 Å². The molecule has 0 aliphatic carbocycles. The van der Waals surface area contributed by atoms with Gasteiger partial charge >= 0.3 is 0 Å². The van der Waals surface area contributed by atoms with Gasteiger partial charge in [0.15, 0.2) is 0 Å². The van der Waals surface area contributed by atoms with Crippen LogP contribution in [0.15, 0.2) is 23.4 Å². The fraction of sp³-hybridized carbons (Fsp3) is 0.375. The van der Waals surface area contributed by atoms with Crippen LogP contribution in [0.5, 0.6) is 0 Å². The average Bonchev–Trinajstić information content (AvgIpc) is 2.10. The van der Waals surface area contributed by atoms with Crippen LogP contribution in [0.25, 0.3) is 0 Å². The molecule has 62 valence electrons. The smallest absolute Gasteiger partial charge is 0.111 e. The van der Waals surface area contributed by atoms with Crippen LogP contribution in [-0.2, 0) is 0 Å². The maximum Gasteiger partial charge on any atom is 0.111 e. The molecule has 11 heavy (non-hydrogen) atoms. The van der Waals surface area contributed by atoms with Crippen molar-refractivity contribution in [1.82, 2.24) is 4.98 Å². The van der Waals surface area contributed by atoms with E-state index in [2.05, 4.69) is 4.98 Å². The molecule has 1 aromatic heterocycles. The number of rotatable bonds is 1. The molecule has 1 aromatic rings. The molecule has 1 rings (SSSR count). The van der Waals surface area contributed by atoms with Gasteiger partial charge in [-0.15, -0.1) is 0 Å². The Bertz CT molecular complexity index is 184. The fourth-order valence-corrected chi connectivity index (χ4v) is 0.784. The van der Waals surface area contributed by atoms with Crippen LogP contribution < -0.4 is 5.14 Å². The Morgan fingerprint density at radius 3 is 2.36 bits per heavy atom. The second kappa shape index (κ2) is 6.19. The Morgan fingerprint density at radius 1 is 1.36 bits per heavy atom. The van der Waals surface area contributed by atoms with Crippen LogP contribution in [0, 0.1) is 6.92 Å². The maximum absolute atomic E-state index is 5.25. The van der Waals surface area contributed by atoms with Crippen LogP contribution >= 0.6 is 11.9 Å². The first-order chi connectivity index (χ1) is 5.33. The van der Waals surface area contributed by atoms with Crippen LogP contribution in [0.4, 0.5) is 0 Å². The van der Waals surface area contributed by atoms with E-state index >= 15 is 0 Å². The summed E-state index contributed by atoms with van der Waals surface area (Å²) in [5, 5.41) is 6.12. The van der Waals surface area contributed by atoms with Crippen LogP contribution in [0.2, 0.25) is 0 Å². The molecule has 0 aromatic carbocycles. The monoisotopic (exact) mass is 170 g/mol. The van der Waals surface area contributed by atoms with Gasteiger partial charge in [0.1, 0.15) is 5.03 Å². The van der Waals surface area contributed by atoms with Gasteiger partial charge in [-0.2, -0.15) is 0 Å². The molecule has 0 fully saturated rings. The van der Waals surface area contributed by atoms with E-state index in [9.17, 15) is 0 Å². The zero-order valence-corrected chi connectivity index (χ0v) is 7.98. The number of hydrogen-bond acceptors (Lipinski definition) is 3. The van der Waals surface area contributed by atoms with Crippen molar-refractivity contribution in [2.24, 2.45) is 5.14 Å². The molecule has 0 amide bonds. The summed E-state index contributed by atoms with van der Waals surface area (Å²) < 4.78 is 0. The molecular weight excluding hydrogens is 156 g/mol. The second-order valence-corrected chi connectivity index (χ2v) is 2.45. The Morgan fingerprint density at radius 2 is 2.00 bits per heavy atom. The maximum atomic E-state index is 5.25.